The van der Waals surface area contributed by atoms with Crippen LogP contribution in [0.4, 0.5) is 5.69 Å². The minimum atomic E-state index is -4.20. The van der Waals surface area contributed by atoms with Crippen LogP contribution in [0.1, 0.15) is 50.2 Å². The average Bonchev–Trinajstić information content (AvgIpc) is 3.02. The minimum absolute atomic E-state index is 0.0402. The van der Waals surface area contributed by atoms with E-state index in [1.54, 1.807) is 31.2 Å². The molecule has 1 aliphatic carbocycles. The molecule has 230 valence electrons. The Morgan fingerprint density at radius 1 is 0.907 bits per heavy atom. The number of nitrogens with one attached hydrogen (secondary N) is 1. The second-order valence-electron chi connectivity index (χ2n) is 10.9. The first kappa shape index (κ1) is 31.9. The van der Waals surface area contributed by atoms with Crippen molar-refractivity contribution in [3.05, 3.63) is 83.9 Å². The first-order valence-corrected chi connectivity index (χ1v) is 16.0. The number of ether oxygens (including phenoxy) is 2. The highest BCUT2D eigenvalue weighted by atomic mass is 32.2. The summed E-state index contributed by atoms with van der Waals surface area (Å²) in [6.07, 6.45) is 5.09. The van der Waals surface area contributed by atoms with Gasteiger partial charge < -0.3 is 19.7 Å². The molecule has 0 spiro atoms. The quantitative estimate of drug-likeness (QED) is 0.308. The molecule has 3 aromatic carbocycles. The van der Waals surface area contributed by atoms with E-state index in [1.165, 1.54) is 37.3 Å². The van der Waals surface area contributed by atoms with Gasteiger partial charge in [0.1, 0.15) is 12.6 Å². The maximum atomic E-state index is 14.2. The monoisotopic (exact) mass is 607 g/mol. The number of hydrogen-bond acceptors (Lipinski definition) is 6. The highest BCUT2D eigenvalue weighted by Gasteiger charge is 2.33. The van der Waals surface area contributed by atoms with Crippen molar-refractivity contribution < 1.29 is 27.5 Å². The van der Waals surface area contributed by atoms with E-state index in [0.29, 0.717) is 11.5 Å². The Hall–Kier alpha value is -4.05. The molecule has 4 rings (SSSR count). The average molecular weight is 608 g/mol. The van der Waals surface area contributed by atoms with Gasteiger partial charge in [0.15, 0.2) is 11.5 Å². The van der Waals surface area contributed by atoms with E-state index in [1.807, 2.05) is 37.3 Å². The van der Waals surface area contributed by atoms with Crippen molar-refractivity contribution in [1.82, 2.24) is 10.2 Å². The van der Waals surface area contributed by atoms with Gasteiger partial charge in [-0.2, -0.15) is 0 Å². The maximum Gasteiger partial charge on any atom is 0.264 e. The summed E-state index contributed by atoms with van der Waals surface area (Å²) in [6.45, 7) is 3.17. The number of sulfonamides is 1. The summed E-state index contributed by atoms with van der Waals surface area (Å²) < 4.78 is 40.0. The number of methoxy groups -OCH3 is 2. The van der Waals surface area contributed by atoms with E-state index in [0.717, 1.165) is 47.5 Å². The maximum absolute atomic E-state index is 14.2. The van der Waals surface area contributed by atoms with Crippen LogP contribution in [-0.4, -0.2) is 58.0 Å². The number of nitrogens with zero attached hydrogens (tertiary/aromatic N) is 2. The molecule has 0 aliphatic heterocycles. The number of rotatable bonds is 12. The molecule has 0 radical (unpaired) electrons. The van der Waals surface area contributed by atoms with Crippen LogP contribution in [0.25, 0.3) is 0 Å². The van der Waals surface area contributed by atoms with Gasteiger partial charge in [0, 0.05) is 18.7 Å². The van der Waals surface area contributed by atoms with Crippen LogP contribution < -0.4 is 19.1 Å². The molecule has 2 amide bonds. The van der Waals surface area contributed by atoms with Crippen molar-refractivity contribution in [3.63, 3.8) is 0 Å². The Morgan fingerprint density at radius 3 is 2.19 bits per heavy atom. The van der Waals surface area contributed by atoms with Gasteiger partial charge in [0.25, 0.3) is 10.0 Å². The van der Waals surface area contributed by atoms with Crippen molar-refractivity contribution in [3.8, 4) is 11.5 Å². The Kier molecular flexibility index (Phi) is 10.7. The molecule has 3 aromatic rings. The van der Waals surface area contributed by atoms with Gasteiger partial charge in [0.05, 0.1) is 24.8 Å². The van der Waals surface area contributed by atoms with Gasteiger partial charge in [0.2, 0.25) is 11.8 Å². The molecule has 1 aliphatic rings. The second-order valence-corrected chi connectivity index (χ2v) is 12.8. The van der Waals surface area contributed by atoms with E-state index in [2.05, 4.69) is 5.32 Å². The summed E-state index contributed by atoms with van der Waals surface area (Å²) in [5.41, 5.74) is 1.96. The number of carbonyl (C=O) groups is 2. The van der Waals surface area contributed by atoms with E-state index >= 15 is 0 Å². The summed E-state index contributed by atoms with van der Waals surface area (Å²) in [4.78, 5) is 29.1. The highest BCUT2D eigenvalue weighted by molar-refractivity contribution is 7.92. The van der Waals surface area contributed by atoms with Crippen LogP contribution in [0.2, 0.25) is 0 Å². The summed E-state index contributed by atoms with van der Waals surface area (Å²) in [7, 11) is -1.25. The molecular weight excluding hydrogens is 566 g/mol. The molecule has 1 fully saturated rings. The molecule has 0 bridgehead atoms. The third-order valence-electron chi connectivity index (χ3n) is 7.86. The third kappa shape index (κ3) is 7.87. The molecule has 1 N–H and O–H groups in total. The molecule has 43 heavy (non-hydrogen) atoms. The molecule has 9 nitrogen and oxygen atoms in total. The Morgan fingerprint density at radius 2 is 1.56 bits per heavy atom. The lowest BCUT2D eigenvalue weighted by Gasteiger charge is -2.33. The van der Waals surface area contributed by atoms with Gasteiger partial charge in [-0.3, -0.25) is 13.9 Å². The molecule has 1 atom stereocenters. The predicted octanol–water partition coefficient (Wildman–Crippen LogP) is 5.07. The van der Waals surface area contributed by atoms with Crippen LogP contribution in [0.3, 0.4) is 0 Å². The first-order chi connectivity index (χ1) is 20.6. The highest BCUT2D eigenvalue weighted by Crippen LogP contribution is 2.34. The molecule has 1 saturated carbocycles. The number of amides is 2. The SMILES string of the molecule is COc1ccc(N(CC(=O)N(Cc2ccccc2)C(C)C(=O)NC2CCCCC2)S(=O)(=O)c2ccc(C)cc2)cc1OC. The first-order valence-electron chi connectivity index (χ1n) is 14.6. The van der Waals surface area contributed by atoms with Crippen LogP contribution in [-0.2, 0) is 26.2 Å². The van der Waals surface area contributed by atoms with Crippen LogP contribution in [0.5, 0.6) is 11.5 Å². The summed E-state index contributed by atoms with van der Waals surface area (Å²) >= 11 is 0. The van der Waals surface area contributed by atoms with Crippen LogP contribution in [0.15, 0.2) is 77.7 Å². The molecular formula is C33H41N3O6S. The predicted molar refractivity (Wildman–Crippen MR) is 167 cm³/mol. The second kappa shape index (κ2) is 14.4. The van der Waals surface area contributed by atoms with E-state index < -0.39 is 28.5 Å². The van der Waals surface area contributed by atoms with Gasteiger partial charge >= 0.3 is 0 Å². The standard InChI is InChI=1S/C33H41N3O6S/c1-24-15-18-29(19-16-24)43(39,40)36(28-17-20-30(41-3)31(21-28)42-4)23-32(37)35(22-26-11-7-5-8-12-26)25(2)33(38)34-27-13-9-6-10-14-27/h5,7-8,11-12,15-21,25,27H,6,9-10,13-14,22-23H2,1-4H3,(H,34,38). The smallest absolute Gasteiger partial charge is 0.264 e. The van der Waals surface area contributed by atoms with E-state index in [9.17, 15) is 18.0 Å². The van der Waals surface area contributed by atoms with Gasteiger partial charge in [-0.15, -0.1) is 0 Å². The van der Waals surface area contributed by atoms with E-state index in [-0.39, 0.29) is 29.1 Å². The zero-order valence-electron chi connectivity index (χ0n) is 25.3. The lowest BCUT2D eigenvalue weighted by atomic mass is 9.95. The van der Waals surface area contributed by atoms with Crippen LogP contribution >= 0.6 is 0 Å². The largest absolute Gasteiger partial charge is 0.493 e. The summed E-state index contributed by atoms with van der Waals surface area (Å²) in [5.74, 6) is -0.0299. The number of carbonyl (C=O) groups excluding carboxylic acids is 2. The molecule has 10 heteroatoms. The van der Waals surface area contributed by atoms with Gasteiger partial charge in [-0.25, -0.2) is 8.42 Å². The zero-order valence-corrected chi connectivity index (χ0v) is 26.1. The molecule has 1 unspecified atom stereocenters. The lowest BCUT2D eigenvalue weighted by molar-refractivity contribution is -0.139. The Bertz CT molecular complexity index is 1490. The van der Waals surface area contributed by atoms with Gasteiger partial charge in [-0.05, 0) is 56.5 Å². The lowest BCUT2D eigenvalue weighted by Crippen LogP contribution is -2.53. The van der Waals surface area contributed by atoms with E-state index in [4.69, 9.17) is 9.47 Å². The van der Waals surface area contributed by atoms with Crippen LogP contribution in [0, 0.1) is 6.92 Å². The van der Waals surface area contributed by atoms with Crippen molar-refractivity contribution in [2.75, 3.05) is 25.1 Å². The number of anilines is 1. The van der Waals surface area contributed by atoms with Crippen molar-refractivity contribution in [2.45, 2.75) is 69.5 Å². The number of benzene rings is 3. The molecule has 0 saturated heterocycles. The fourth-order valence-electron chi connectivity index (χ4n) is 5.28. The van der Waals surface area contributed by atoms with Gasteiger partial charge in [-0.1, -0.05) is 67.3 Å². The molecule has 0 heterocycles. The minimum Gasteiger partial charge on any atom is -0.493 e. The van der Waals surface area contributed by atoms with Crippen molar-refractivity contribution in [1.29, 1.82) is 0 Å². The zero-order chi connectivity index (χ0) is 31.0. The fraction of sp³-hybridized carbons (Fsp3) is 0.394. The number of aryl methyl sites for hydroxylation is 1. The topological polar surface area (TPSA) is 105 Å². The Balaban J connectivity index is 1.71. The van der Waals surface area contributed by atoms with Crippen molar-refractivity contribution in [2.24, 2.45) is 0 Å². The molecule has 0 aromatic heterocycles. The fourth-order valence-corrected chi connectivity index (χ4v) is 6.68. The summed E-state index contributed by atoms with van der Waals surface area (Å²) in [5, 5.41) is 3.12. The normalized spacial score (nSPS) is 14.4. The number of hydrogen-bond donors (Lipinski definition) is 1. The third-order valence-corrected chi connectivity index (χ3v) is 9.65. The van der Waals surface area contributed by atoms with Crippen molar-refractivity contribution >= 4 is 27.5 Å². The summed E-state index contributed by atoms with van der Waals surface area (Å²) in [6, 6.07) is 19.7. The Labute approximate surface area is 254 Å².